The molecular weight excluding hydrogens is 194 g/mol. The predicted octanol–water partition coefficient (Wildman–Crippen LogP) is 2.98. The molecule has 0 aliphatic carbocycles. The van der Waals surface area contributed by atoms with Crippen LogP contribution in [0, 0.1) is 0 Å². The summed E-state index contributed by atoms with van der Waals surface area (Å²) in [5.74, 6) is 0. The lowest BCUT2D eigenvalue weighted by Crippen LogP contribution is -2.40. The molecule has 0 amide bonds. The molecule has 1 aromatic rings. The lowest BCUT2D eigenvalue weighted by molar-refractivity contribution is 0.549. The van der Waals surface area contributed by atoms with Gasteiger partial charge in [0.25, 0.3) is 0 Å². The summed E-state index contributed by atoms with van der Waals surface area (Å²) in [6, 6.07) is 9.94. The van der Waals surface area contributed by atoms with Crippen molar-refractivity contribution in [2.24, 2.45) is 10.2 Å². The van der Waals surface area contributed by atoms with Crippen LogP contribution in [0.3, 0.4) is 0 Å². The molecular formula is C10H11N3S. The first-order valence-electron chi connectivity index (χ1n) is 4.43. The van der Waals surface area contributed by atoms with Crippen molar-refractivity contribution in [2.45, 2.75) is 19.5 Å². The van der Waals surface area contributed by atoms with Gasteiger partial charge in [-0.25, -0.2) is 0 Å². The van der Waals surface area contributed by atoms with Crippen LogP contribution in [0.1, 0.15) is 13.8 Å². The van der Waals surface area contributed by atoms with Gasteiger partial charge >= 0.3 is 0 Å². The maximum Gasteiger partial charge on any atom is 0.222 e. The zero-order valence-corrected chi connectivity index (χ0v) is 8.95. The molecule has 0 radical (unpaired) electrons. The van der Waals surface area contributed by atoms with Crippen LogP contribution in [-0.2, 0) is 0 Å². The summed E-state index contributed by atoms with van der Waals surface area (Å²) in [5.41, 5.74) is 0.672. The maximum atomic E-state index is 5.14. The van der Waals surface area contributed by atoms with Crippen LogP contribution in [0.15, 0.2) is 40.6 Å². The summed E-state index contributed by atoms with van der Waals surface area (Å²) in [6.07, 6.45) is 0. The molecule has 0 saturated heterocycles. The third-order valence-corrected chi connectivity index (χ3v) is 2.40. The van der Waals surface area contributed by atoms with Crippen LogP contribution in [0.5, 0.6) is 0 Å². The van der Waals surface area contributed by atoms with Gasteiger partial charge in [0.2, 0.25) is 5.11 Å². The van der Waals surface area contributed by atoms with Crippen molar-refractivity contribution in [3.63, 3.8) is 0 Å². The van der Waals surface area contributed by atoms with Crippen LogP contribution in [0.2, 0.25) is 0 Å². The van der Waals surface area contributed by atoms with Gasteiger partial charge < -0.3 is 0 Å². The van der Waals surface area contributed by atoms with E-state index in [1.807, 2.05) is 49.1 Å². The Balaban J connectivity index is 2.41. The number of benzene rings is 1. The lowest BCUT2D eigenvalue weighted by atomic mass is 10.2. The van der Waals surface area contributed by atoms with Gasteiger partial charge in [0.15, 0.2) is 5.66 Å². The zero-order chi connectivity index (χ0) is 10.2. The standard InChI is InChI=1S/C10H11N3S/c1-10(2)12-11-9(14)13(10)8-6-4-3-5-7-8/h3-7H,1-2H3. The number of anilines is 1. The molecule has 4 heteroatoms. The second-order valence-corrected chi connectivity index (χ2v) is 4.01. The lowest BCUT2D eigenvalue weighted by Gasteiger charge is -2.28. The predicted molar refractivity (Wildman–Crippen MR) is 60.5 cm³/mol. The largest absolute Gasteiger partial charge is 0.289 e. The molecule has 0 aromatic heterocycles. The summed E-state index contributed by atoms with van der Waals surface area (Å²) < 4.78 is 0. The number of hydrogen-bond acceptors (Lipinski definition) is 2. The first kappa shape index (κ1) is 9.27. The van der Waals surface area contributed by atoms with Gasteiger partial charge in [-0.15, -0.1) is 5.11 Å². The quantitative estimate of drug-likeness (QED) is 0.659. The minimum atomic E-state index is -0.363. The van der Waals surface area contributed by atoms with E-state index in [1.165, 1.54) is 0 Å². The third kappa shape index (κ3) is 1.42. The van der Waals surface area contributed by atoms with Crippen molar-refractivity contribution < 1.29 is 0 Å². The molecule has 1 aliphatic rings. The van der Waals surface area contributed by atoms with Crippen LogP contribution < -0.4 is 4.90 Å². The summed E-state index contributed by atoms with van der Waals surface area (Å²) in [4.78, 5) is 1.95. The van der Waals surface area contributed by atoms with Crippen molar-refractivity contribution >= 4 is 23.0 Å². The van der Waals surface area contributed by atoms with E-state index < -0.39 is 0 Å². The molecule has 0 spiro atoms. The summed E-state index contributed by atoms with van der Waals surface area (Å²) in [7, 11) is 0. The molecule has 72 valence electrons. The number of hydrogen-bond donors (Lipinski definition) is 0. The van der Waals surface area contributed by atoms with Crippen molar-refractivity contribution in [1.29, 1.82) is 0 Å². The van der Waals surface area contributed by atoms with E-state index in [9.17, 15) is 0 Å². The molecule has 1 aliphatic heterocycles. The van der Waals surface area contributed by atoms with Crippen LogP contribution in [-0.4, -0.2) is 10.8 Å². The SMILES string of the molecule is CC1(C)N=NC(=S)N1c1ccccc1. The van der Waals surface area contributed by atoms with Crippen molar-refractivity contribution in [1.82, 2.24) is 0 Å². The highest BCUT2D eigenvalue weighted by atomic mass is 32.1. The fraction of sp³-hybridized carbons (Fsp3) is 0.300. The molecule has 0 atom stereocenters. The maximum absolute atomic E-state index is 5.14. The Morgan fingerprint density at radius 3 is 2.36 bits per heavy atom. The normalized spacial score (nSPS) is 19.0. The van der Waals surface area contributed by atoms with Gasteiger partial charge in [-0.05, 0) is 38.2 Å². The average Bonchev–Trinajstić information content (AvgIpc) is 2.42. The topological polar surface area (TPSA) is 28.0 Å². The van der Waals surface area contributed by atoms with Gasteiger partial charge in [-0.3, -0.25) is 4.90 Å². The van der Waals surface area contributed by atoms with Crippen LogP contribution in [0.4, 0.5) is 5.69 Å². The van der Waals surface area contributed by atoms with Crippen molar-refractivity contribution in [2.75, 3.05) is 4.90 Å². The highest BCUT2D eigenvalue weighted by molar-refractivity contribution is 7.80. The molecule has 1 heterocycles. The van der Waals surface area contributed by atoms with E-state index >= 15 is 0 Å². The molecule has 0 saturated carbocycles. The zero-order valence-electron chi connectivity index (χ0n) is 8.14. The van der Waals surface area contributed by atoms with E-state index in [0.29, 0.717) is 5.11 Å². The van der Waals surface area contributed by atoms with Gasteiger partial charge in [0.1, 0.15) is 0 Å². The first-order chi connectivity index (χ1) is 6.61. The minimum absolute atomic E-state index is 0.363. The Kier molecular flexibility index (Phi) is 2.07. The molecule has 2 rings (SSSR count). The molecule has 0 unspecified atom stereocenters. The Morgan fingerprint density at radius 1 is 1.21 bits per heavy atom. The average molecular weight is 205 g/mol. The van der Waals surface area contributed by atoms with E-state index in [0.717, 1.165) is 5.69 Å². The third-order valence-electron chi connectivity index (χ3n) is 2.13. The molecule has 0 fully saturated rings. The Bertz CT molecular complexity index is 384. The smallest absolute Gasteiger partial charge is 0.222 e. The number of thiocarbonyl (C=S) groups is 1. The van der Waals surface area contributed by atoms with E-state index in [-0.39, 0.29) is 5.66 Å². The fourth-order valence-corrected chi connectivity index (χ4v) is 1.86. The molecule has 3 nitrogen and oxygen atoms in total. The minimum Gasteiger partial charge on any atom is -0.289 e. The van der Waals surface area contributed by atoms with Crippen molar-refractivity contribution in [3.8, 4) is 0 Å². The fourth-order valence-electron chi connectivity index (χ4n) is 1.49. The number of azo groups is 1. The van der Waals surface area contributed by atoms with Gasteiger partial charge in [-0.2, -0.15) is 5.11 Å². The second kappa shape index (κ2) is 3.13. The first-order valence-corrected chi connectivity index (χ1v) is 4.84. The molecule has 0 bridgehead atoms. The second-order valence-electron chi connectivity index (χ2n) is 3.65. The summed E-state index contributed by atoms with van der Waals surface area (Å²) >= 11 is 5.14. The Morgan fingerprint density at radius 2 is 1.86 bits per heavy atom. The summed E-state index contributed by atoms with van der Waals surface area (Å²) in [6.45, 7) is 3.98. The monoisotopic (exact) mass is 205 g/mol. The molecule has 1 aromatic carbocycles. The number of nitrogens with zero attached hydrogens (tertiary/aromatic N) is 3. The van der Waals surface area contributed by atoms with Gasteiger partial charge in [0.05, 0.1) is 0 Å². The highest BCUT2D eigenvalue weighted by Gasteiger charge is 2.34. The van der Waals surface area contributed by atoms with E-state index in [4.69, 9.17) is 12.2 Å². The number of rotatable bonds is 1. The van der Waals surface area contributed by atoms with E-state index in [1.54, 1.807) is 0 Å². The molecule has 0 N–H and O–H groups in total. The van der Waals surface area contributed by atoms with Crippen molar-refractivity contribution in [3.05, 3.63) is 30.3 Å². The Hall–Kier alpha value is -1.29. The van der Waals surface area contributed by atoms with Crippen LogP contribution in [0.25, 0.3) is 0 Å². The Labute approximate surface area is 88.5 Å². The number of para-hydroxylation sites is 1. The van der Waals surface area contributed by atoms with Gasteiger partial charge in [0, 0.05) is 5.69 Å². The summed E-state index contributed by atoms with van der Waals surface area (Å²) in [5, 5.41) is 8.57. The molecule has 14 heavy (non-hydrogen) atoms. The van der Waals surface area contributed by atoms with Gasteiger partial charge in [-0.1, -0.05) is 18.2 Å². The van der Waals surface area contributed by atoms with Crippen LogP contribution >= 0.6 is 12.2 Å². The highest BCUT2D eigenvalue weighted by Crippen LogP contribution is 2.30. The van der Waals surface area contributed by atoms with E-state index in [2.05, 4.69) is 10.2 Å².